The van der Waals surface area contributed by atoms with E-state index in [2.05, 4.69) is 33.0 Å². The van der Waals surface area contributed by atoms with Gasteiger partial charge in [0.25, 0.3) is 5.69 Å². The quantitative estimate of drug-likeness (QED) is 0.617. The van der Waals surface area contributed by atoms with Crippen molar-refractivity contribution in [2.75, 3.05) is 11.9 Å². The van der Waals surface area contributed by atoms with E-state index in [0.29, 0.717) is 17.8 Å². The summed E-state index contributed by atoms with van der Waals surface area (Å²) in [6, 6.07) is 4.96. The number of aryl methyl sites for hydroxylation is 1. The molecule has 1 N–H and O–H groups in total. The van der Waals surface area contributed by atoms with Crippen molar-refractivity contribution in [2.45, 2.75) is 34.6 Å². The summed E-state index contributed by atoms with van der Waals surface area (Å²) in [6.07, 6.45) is 0. The lowest BCUT2D eigenvalue weighted by Gasteiger charge is -2.26. The zero-order valence-corrected chi connectivity index (χ0v) is 12.4. The molecule has 0 saturated carbocycles. The molecule has 1 aromatic carbocycles. The Morgan fingerprint density at radius 3 is 2.21 bits per heavy atom. The second kappa shape index (κ2) is 6.55. The molecule has 19 heavy (non-hydrogen) atoms. The normalized spacial score (nSPS) is 11.4. The molecule has 1 aromatic rings. The maximum absolute atomic E-state index is 10.7. The lowest BCUT2D eigenvalue weighted by atomic mass is 9.85. The lowest BCUT2D eigenvalue weighted by molar-refractivity contribution is -0.384. The second-order valence-electron chi connectivity index (χ2n) is 5.79. The van der Waals surface area contributed by atoms with Crippen LogP contribution in [0.2, 0.25) is 0 Å². The van der Waals surface area contributed by atoms with Gasteiger partial charge in [-0.2, -0.15) is 0 Å². The van der Waals surface area contributed by atoms with E-state index in [0.717, 1.165) is 17.8 Å². The van der Waals surface area contributed by atoms with Gasteiger partial charge in [-0.1, -0.05) is 27.7 Å². The third-order valence-electron chi connectivity index (χ3n) is 3.66. The molecule has 0 fully saturated rings. The first-order chi connectivity index (χ1) is 8.82. The first kappa shape index (κ1) is 15.5. The molecule has 0 aliphatic heterocycles. The van der Waals surface area contributed by atoms with E-state index in [-0.39, 0.29) is 10.6 Å². The van der Waals surface area contributed by atoms with E-state index in [4.69, 9.17) is 0 Å². The SMILES string of the molecule is Cc1cc([N+](=O)[O-])ccc1NCC(C(C)C)C(C)C. The van der Waals surface area contributed by atoms with Crippen molar-refractivity contribution in [3.8, 4) is 0 Å². The van der Waals surface area contributed by atoms with Crippen LogP contribution >= 0.6 is 0 Å². The Morgan fingerprint density at radius 1 is 1.21 bits per heavy atom. The van der Waals surface area contributed by atoms with Gasteiger partial charge in [-0.25, -0.2) is 0 Å². The van der Waals surface area contributed by atoms with Crippen LogP contribution in [0.3, 0.4) is 0 Å². The van der Waals surface area contributed by atoms with Crippen LogP contribution in [0, 0.1) is 34.8 Å². The van der Waals surface area contributed by atoms with Gasteiger partial charge in [0.05, 0.1) is 4.92 Å². The predicted molar refractivity (Wildman–Crippen MR) is 79.5 cm³/mol. The number of benzene rings is 1. The molecular weight excluding hydrogens is 240 g/mol. The summed E-state index contributed by atoms with van der Waals surface area (Å²) in [5.74, 6) is 1.83. The van der Waals surface area contributed by atoms with Gasteiger partial charge in [-0.15, -0.1) is 0 Å². The minimum absolute atomic E-state index is 0.146. The Hall–Kier alpha value is -1.58. The zero-order valence-electron chi connectivity index (χ0n) is 12.4. The molecule has 0 spiro atoms. The highest BCUT2D eigenvalue weighted by molar-refractivity contribution is 5.55. The van der Waals surface area contributed by atoms with Crippen molar-refractivity contribution >= 4 is 11.4 Å². The summed E-state index contributed by atoms with van der Waals surface area (Å²) >= 11 is 0. The van der Waals surface area contributed by atoms with Crippen molar-refractivity contribution in [1.82, 2.24) is 0 Å². The van der Waals surface area contributed by atoms with Crippen molar-refractivity contribution in [1.29, 1.82) is 0 Å². The van der Waals surface area contributed by atoms with Gasteiger partial charge >= 0.3 is 0 Å². The Labute approximate surface area is 115 Å². The molecule has 4 nitrogen and oxygen atoms in total. The summed E-state index contributed by atoms with van der Waals surface area (Å²) < 4.78 is 0. The van der Waals surface area contributed by atoms with Crippen LogP contribution in [0.5, 0.6) is 0 Å². The number of rotatable bonds is 6. The molecule has 0 radical (unpaired) electrons. The molecule has 0 aliphatic rings. The van der Waals surface area contributed by atoms with Crippen LogP contribution in [-0.4, -0.2) is 11.5 Å². The number of anilines is 1. The van der Waals surface area contributed by atoms with Crippen molar-refractivity contribution < 1.29 is 4.92 Å². The monoisotopic (exact) mass is 264 g/mol. The highest BCUT2D eigenvalue weighted by Crippen LogP contribution is 2.24. The maximum atomic E-state index is 10.7. The van der Waals surface area contributed by atoms with E-state index in [1.807, 2.05) is 6.92 Å². The molecule has 0 saturated heterocycles. The lowest BCUT2D eigenvalue weighted by Crippen LogP contribution is -2.24. The average Bonchev–Trinajstić information content (AvgIpc) is 2.29. The highest BCUT2D eigenvalue weighted by Gasteiger charge is 2.17. The Kier molecular flexibility index (Phi) is 5.33. The fourth-order valence-electron chi connectivity index (χ4n) is 2.43. The number of nitro groups is 1. The van der Waals surface area contributed by atoms with Crippen molar-refractivity contribution in [3.63, 3.8) is 0 Å². The minimum atomic E-state index is -0.359. The summed E-state index contributed by atoms with van der Waals surface area (Å²) in [4.78, 5) is 10.3. The molecule has 0 amide bonds. The van der Waals surface area contributed by atoms with E-state index in [9.17, 15) is 10.1 Å². The van der Waals surface area contributed by atoms with Crippen LogP contribution in [0.25, 0.3) is 0 Å². The molecule has 0 aliphatic carbocycles. The minimum Gasteiger partial charge on any atom is -0.385 e. The van der Waals surface area contributed by atoms with Crippen molar-refractivity contribution in [2.24, 2.45) is 17.8 Å². The summed E-state index contributed by atoms with van der Waals surface area (Å²) in [5.41, 5.74) is 2.05. The highest BCUT2D eigenvalue weighted by atomic mass is 16.6. The first-order valence-electron chi connectivity index (χ1n) is 6.81. The number of nitrogens with zero attached hydrogens (tertiary/aromatic N) is 1. The summed E-state index contributed by atoms with van der Waals surface area (Å²) in [6.45, 7) is 11.7. The molecule has 0 atom stereocenters. The van der Waals surface area contributed by atoms with Crippen LogP contribution in [-0.2, 0) is 0 Å². The second-order valence-corrected chi connectivity index (χ2v) is 5.79. The van der Waals surface area contributed by atoms with Crippen LogP contribution in [0.15, 0.2) is 18.2 Å². The maximum Gasteiger partial charge on any atom is 0.269 e. The molecule has 0 unspecified atom stereocenters. The van der Waals surface area contributed by atoms with Crippen LogP contribution < -0.4 is 5.32 Å². The molecular formula is C15H24N2O2. The Morgan fingerprint density at radius 2 is 1.79 bits per heavy atom. The topological polar surface area (TPSA) is 55.2 Å². The number of nitrogens with one attached hydrogen (secondary N) is 1. The van der Waals surface area contributed by atoms with Gasteiger partial charge in [0.15, 0.2) is 0 Å². The number of hydrogen-bond acceptors (Lipinski definition) is 3. The Bertz CT molecular complexity index is 434. The van der Waals surface area contributed by atoms with Crippen molar-refractivity contribution in [3.05, 3.63) is 33.9 Å². The standard InChI is InChI=1S/C15H24N2O2/c1-10(2)14(11(3)4)9-16-15-7-6-13(17(18)19)8-12(15)5/h6-8,10-11,14,16H,9H2,1-5H3. The first-order valence-corrected chi connectivity index (χ1v) is 6.81. The van der Waals surface area contributed by atoms with E-state index < -0.39 is 0 Å². The number of non-ortho nitro benzene ring substituents is 1. The Balaban J connectivity index is 2.75. The van der Waals surface area contributed by atoms with Gasteiger partial charge in [0, 0.05) is 24.4 Å². The molecule has 106 valence electrons. The van der Waals surface area contributed by atoms with Crippen LogP contribution in [0.4, 0.5) is 11.4 Å². The zero-order chi connectivity index (χ0) is 14.6. The van der Waals surface area contributed by atoms with Gasteiger partial charge in [-0.05, 0) is 36.3 Å². The third-order valence-corrected chi connectivity index (χ3v) is 3.66. The molecule has 1 rings (SSSR count). The van der Waals surface area contributed by atoms with Gasteiger partial charge in [0.2, 0.25) is 0 Å². The van der Waals surface area contributed by atoms with E-state index >= 15 is 0 Å². The summed E-state index contributed by atoms with van der Waals surface area (Å²) in [5, 5.41) is 14.1. The van der Waals surface area contributed by atoms with Gasteiger partial charge in [0.1, 0.15) is 0 Å². The third kappa shape index (κ3) is 4.23. The predicted octanol–water partition coefficient (Wildman–Crippen LogP) is 4.24. The van der Waals surface area contributed by atoms with Gasteiger partial charge in [-0.3, -0.25) is 10.1 Å². The largest absolute Gasteiger partial charge is 0.385 e. The van der Waals surface area contributed by atoms with Gasteiger partial charge < -0.3 is 5.32 Å². The number of nitro benzene ring substituents is 1. The molecule has 0 heterocycles. The van der Waals surface area contributed by atoms with E-state index in [1.165, 1.54) is 0 Å². The number of hydrogen-bond donors (Lipinski definition) is 1. The fourth-order valence-corrected chi connectivity index (χ4v) is 2.43. The molecule has 0 bridgehead atoms. The van der Waals surface area contributed by atoms with E-state index in [1.54, 1.807) is 18.2 Å². The fraction of sp³-hybridized carbons (Fsp3) is 0.600. The smallest absolute Gasteiger partial charge is 0.269 e. The summed E-state index contributed by atoms with van der Waals surface area (Å²) in [7, 11) is 0. The van der Waals surface area contributed by atoms with Crippen LogP contribution in [0.1, 0.15) is 33.3 Å². The average molecular weight is 264 g/mol. The molecule has 0 aromatic heterocycles. The molecule has 4 heteroatoms.